The van der Waals surface area contributed by atoms with Gasteiger partial charge in [0.15, 0.2) is 0 Å². The third kappa shape index (κ3) is 6.29. The smallest absolute Gasteiger partial charge is 0.408 e. The van der Waals surface area contributed by atoms with E-state index in [1.54, 1.807) is 0 Å². The van der Waals surface area contributed by atoms with E-state index in [4.69, 9.17) is 4.74 Å². The minimum atomic E-state index is -0.814. The number of amides is 3. The summed E-state index contributed by atoms with van der Waals surface area (Å²) in [7, 11) is 0. The first-order valence-corrected chi connectivity index (χ1v) is 10.3. The lowest BCUT2D eigenvalue weighted by molar-refractivity contribution is -0.137. The van der Waals surface area contributed by atoms with Gasteiger partial charge in [-0.15, -0.1) is 0 Å². The molecule has 1 aliphatic rings. The largest absolute Gasteiger partial charge is 0.445 e. The van der Waals surface area contributed by atoms with Gasteiger partial charge in [0.2, 0.25) is 5.91 Å². The number of nitrogens with one attached hydrogen (secondary N) is 3. The number of ether oxygens (including phenoxy) is 1. The van der Waals surface area contributed by atoms with E-state index in [0.29, 0.717) is 13.1 Å². The van der Waals surface area contributed by atoms with Crippen molar-refractivity contribution in [1.29, 1.82) is 0 Å². The van der Waals surface area contributed by atoms with Crippen LogP contribution < -0.4 is 16.1 Å². The van der Waals surface area contributed by atoms with Gasteiger partial charge >= 0.3 is 6.09 Å². The van der Waals surface area contributed by atoms with Crippen molar-refractivity contribution in [1.82, 2.24) is 21.1 Å². The first kappa shape index (κ1) is 22.3. The maximum atomic E-state index is 12.6. The van der Waals surface area contributed by atoms with Crippen LogP contribution in [0.3, 0.4) is 0 Å². The first-order chi connectivity index (χ1) is 14.9. The van der Waals surface area contributed by atoms with Crippen LogP contribution >= 0.6 is 0 Å². The van der Waals surface area contributed by atoms with Crippen LogP contribution in [0.15, 0.2) is 54.6 Å². The summed E-state index contributed by atoms with van der Waals surface area (Å²) >= 11 is 0. The highest BCUT2D eigenvalue weighted by Gasteiger charge is 2.26. The van der Waals surface area contributed by atoms with Crippen molar-refractivity contribution < 1.29 is 19.1 Å². The Labute approximate surface area is 181 Å². The molecule has 1 atom stereocenters. The second kappa shape index (κ2) is 10.6. The average Bonchev–Trinajstić information content (AvgIpc) is 2.79. The lowest BCUT2D eigenvalue weighted by Crippen LogP contribution is -2.53. The molecule has 8 nitrogen and oxygen atoms in total. The summed E-state index contributed by atoms with van der Waals surface area (Å²) in [6.07, 6.45) is -0.682. The molecule has 2 aromatic carbocycles. The van der Waals surface area contributed by atoms with Gasteiger partial charge < -0.3 is 15.4 Å². The molecule has 3 amide bonds. The number of fused-ring (bicyclic) bond motifs is 1. The fourth-order valence-electron chi connectivity index (χ4n) is 3.26. The molecular formula is C23H28N4O4. The van der Waals surface area contributed by atoms with Gasteiger partial charge in [0.25, 0.3) is 5.91 Å². The molecule has 0 radical (unpaired) electrons. The van der Waals surface area contributed by atoms with Crippen molar-refractivity contribution in [3.63, 3.8) is 0 Å². The Balaban J connectivity index is 1.47. The topological polar surface area (TPSA) is 99.8 Å². The zero-order valence-electron chi connectivity index (χ0n) is 17.8. The molecule has 3 rings (SSSR count). The van der Waals surface area contributed by atoms with E-state index in [1.807, 2.05) is 68.4 Å². The molecule has 0 bridgehead atoms. The summed E-state index contributed by atoms with van der Waals surface area (Å²) in [5, 5.41) is 6.71. The summed E-state index contributed by atoms with van der Waals surface area (Å²) in [5.74, 6) is -0.867. The molecule has 0 unspecified atom stereocenters. The maximum absolute atomic E-state index is 12.6. The summed E-state index contributed by atoms with van der Waals surface area (Å²) in [6, 6.07) is 16.4. The van der Waals surface area contributed by atoms with Crippen LogP contribution in [0.5, 0.6) is 0 Å². The van der Waals surface area contributed by atoms with E-state index in [9.17, 15) is 14.4 Å². The number of benzene rings is 2. The maximum Gasteiger partial charge on any atom is 0.408 e. The fraction of sp³-hybridized carbons (Fsp3) is 0.348. The predicted octanol–water partition coefficient (Wildman–Crippen LogP) is 2.10. The molecule has 1 heterocycles. The average molecular weight is 425 g/mol. The van der Waals surface area contributed by atoms with Crippen molar-refractivity contribution >= 4 is 17.9 Å². The van der Waals surface area contributed by atoms with E-state index >= 15 is 0 Å². The van der Waals surface area contributed by atoms with Gasteiger partial charge in [-0.05, 0) is 22.6 Å². The lowest BCUT2D eigenvalue weighted by Gasteiger charge is -2.30. The van der Waals surface area contributed by atoms with Crippen molar-refractivity contribution in [2.75, 3.05) is 6.54 Å². The number of alkyl carbamates (subject to hydrolysis) is 1. The zero-order valence-corrected chi connectivity index (χ0v) is 17.8. The predicted molar refractivity (Wildman–Crippen MR) is 115 cm³/mol. The molecule has 0 aromatic heterocycles. The summed E-state index contributed by atoms with van der Waals surface area (Å²) < 4.78 is 5.20. The van der Waals surface area contributed by atoms with Gasteiger partial charge in [-0.25, -0.2) is 10.2 Å². The Kier molecular flexibility index (Phi) is 7.61. The van der Waals surface area contributed by atoms with Crippen LogP contribution in [0.4, 0.5) is 4.79 Å². The number of hydrogen-bond acceptors (Lipinski definition) is 5. The second-order valence-electron chi connectivity index (χ2n) is 7.73. The molecule has 3 N–H and O–H groups in total. The monoisotopic (exact) mass is 424 g/mol. The molecule has 31 heavy (non-hydrogen) atoms. The third-order valence-corrected chi connectivity index (χ3v) is 5.06. The summed E-state index contributed by atoms with van der Waals surface area (Å²) in [6.45, 7) is 4.55. The highest BCUT2D eigenvalue weighted by Crippen LogP contribution is 2.15. The Morgan fingerprint density at radius 2 is 1.71 bits per heavy atom. The first-order valence-electron chi connectivity index (χ1n) is 10.3. The molecule has 2 aromatic rings. The Morgan fingerprint density at radius 1 is 1.03 bits per heavy atom. The van der Waals surface area contributed by atoms with E-state index in [2.05, 4.69) is 16.1 Å². The normalized spacial score (nSPS) is 13.8. The number of hydrazine groups is 1. The van der Waals surface area contributed by atoms with Crippen molar-refractivity contribution in [3.05, 3.63) is 71.3 Å². The molecule has 0 saturated carbocycles. The van der Waals surface area contributed by atoms with Gasteiger partial charge in [0.1, 0.15) is 12.6 Å². The zero-order chi connectivity index (χ0) is 22.2. The number of nitrogens with zero attached hydrogens (tertiary/aromatic N) is 1. The fourth-order valence-corrected chi connectivity index (χ4v) is 3.26. The number of hydrogen-bond donors (Lipinski definition) is 3. The van der Waals surface area contributed by atoms with Crippen LogP contribution in [0, 0.1) is 5.92 Å². The van der Waals surface area contributed by atoms with E-state index in [-0.39, 0.29) is 25.0 Å². The molecule has 0 spiro atoms. The van der Waals surface area contributed by atoms with E-state index in [0.717, 1.165) is 16.7 Å². The lowest BCUT2D eigenvalue weighted by atomic mass is 10.0. The van der Waals surface area contributed by atoms with Gasteiger partial charge in [0.05, 0.1) is 13.1 Å². The van der Waals surface area contributed by atoms with E-state index < -0.39 is 18.0 Å². The quantitative estimate of drug-likeness (QED) is 0.632. The highest BCUT2D eigenvalue weighted by molar-refractivity contribution is 5.89. The van der Waals surface area contributed by atoms with Crippen LogP contribution in [-0.2, 0) is 34.0 Å². The molecule has 0 saturated heterocycles. The van der Waals surface area contributed by atoms with Crippen molar-refractivity contribution in [2.45, 2.75) is 39.6 Å². The molecule has 164 valence electrons. The van der Waals surface area contributed by atoms with Crippen LogP contribution in [-0.4, -0.2) is 35.5 Å². The van der Waals surface area contributed by atoms with Crippen LogP contribution in [0.1, 0.15) is 30.5 Å². The van der Waals surface area contributed by atoms with Gasteiger partial charge in [-0.2, -0.15) is 0 Å². The molecule has 0 aliphatic carbocycles. The standard InChI is InChI=1S/C23H28N4O4/c1-16(2)21(26-23(30)31-15-17-8-4-3-5-9-17)22(29)24-13-20(28)27-14-19-11-7-6-10-18(19)12-25-27/h3-11,16,21,25H,12-15H2,1-2H3,(H,24,29)(H,26,30)/t21-/m0/s1. The Hall–Kier alpha value is -3.39. The highest BCUT2D eigenvalue weighted by atomic mass is 16.5. The minimum Gasteiger partial charge on any atom is -0.445 e. The Morgan fingerprint density at radius 3 is 2.42 bits per heavy atom. The second-order valence-corrected chi connectivity index (χ2v) is 7.73. The number of rotatable bonds is 7. The molecule has 1 aliphatic heterocycles. The van der Waals surface area contributed by atoms with E-state index in [1.165, 1.54) is 5.01 Å². The molecular weight excluding hydrogens is 396 g/mol. The summed E-state index contributed by atoms with van der Waals surface area (Å²) in [4.78, 5) is 37.3. The minimum absolute atomic E-state index is 0.111. The molecule has 0 fully saturated rings. The summed E-state index contributed by atoms with van der Waals surface area (Å²) in [5.41, 5.74) is 6.13. The number of carbonyl (C=O) groups is 3. The van der Waals surface area contributed by atoms with Crippen molar-refractivity contribution in [3.8, 4) is 0 Å². The van der Waals surface area contributed by atoms with Gasteiger partial charge in [0, 0.05) is 6.54 Å². The van der Waals surface area contributed by atoms with Gasteiger partial charge in [-0.3, -0.25) is 14.6 Å². The van der Waals surface area contributed by atoms with Crippen LogP contribution in [0.25, 0.3) is 0 Å². The SMILES string of the molecule is CC(C)[C@H](NC(=O)OCc1ccccc1)C(=O)NCC(=O)N1Cc2ccccc2CN1. The molecule has 8 heteroatoms. The van der Waals surface area contributed by atoms with Gasteiger partial charge in [-0.1, -0.05) is 68.4 Å². The Bertz CT molecular complexity index is 917. The third-order valence-electron chi connectivity index (χ3n) is 5.06. The van der Waals surface area contributed by atoms with Crippen LogP contribution in [0.2, 0.25) is 0 Å². The van der Waals surface area contributed by atoms with Crippen molar-refractivity contribution in [2.24, 2.45) is 5.92 Å². The number of carbonyl (C=O) groups excluding carboxylic acids is 3.